The molecule has 0 unspecified atom stereocenters. The molecule has 0 aliphatic carbocycles. The number of rotatable bonds is 1. The Morgan fingerprint density at radius 2 is 2.07 bits per heavy atom. The fourth-order valence-electron chi connectivity index (χ4n) is 1.34. The first-order chi connectivity index (χ1) is 6.73. The van der Waals surface area contributed by atoms with Crippen LogP contribution >= 0.6 is 0 Å². The van der Waals surface area contributed by atoms with Crippen LogP contribution in [0.2, 0.25) is 0 Å². The molecule has 15 heavy (non-hydrogen) atoms. The van der Waals surface area contributed by atoms with Crippen LogP contribution in [0.3, 0.4) is 0 Å². The average Bonchev–Trinajstić information content (AvgIpc) is 2.30. The first-order valence-electron chi connectivity index (χ1n) is 4.19. The molecule has 1 N–H and O–H groups in total. The molecule has 0 aromatic carbocycles. The largest absolute Gasteiger partial charge is 0.411 e. The zero-order valence-corrected chi connectivity index (χ0v) is 8.25. The van der Waals surface area contributed by atoms with Crippen molar-refractivity contribution in [3.63, 3.8) is 0 Å². The van der Waals surface area contributed by atoms with Gasteiger partial charge >= 0.3 is 6.18 Å². The summed E-state index contributed by atoms with van der Waals surface area (Å²) in [5.41, 5.74) is -0.0511. The van der Waals surface area contributed by atoms with Gasteiger partial charge in [0.15, 0.2) is 6.04 Å². The zero-order chi connectivity index (χ0) is 11.8. The highest BCUT2D eigenvalue weighted by atomic mass is 19.4. The van der Waals surface area contributed by atoms with E-state index in [-0.39, 0.29) is 10.6 Å². The number of halogens is 3. The van der Waals surface area contributed by atoms with Crippen molar-refractivity contribution in [2.45, 2.75) is 18.6 Å². The summed E-state index contributed by atoms with van der Waals surface area (Å²) in [6.45, 7) is 0. The lowest BCUT2D eigenvalue weighted by Crippen LogP contribution is -2.40. The van der Waals surface area contributed by atoms with Crippen molar-refractivity contribution >= 4 is 5.91 Å². The zero-order valence-electron chi connectivity index (χ0n) is 8.25. The third-order valence-corrected chi connectivity index (χ3v) is 1.98. The third-order valence-electron chi connectivity index (χ3n) is 1.98. The molecule has 86 valence electrons. The van der Waals surface area contributed by atoms with Crippen LogP contribution in [0, 0.1) is 0 Å². The summed E-state index contributed by atoms with van der Waals surface area (Å²) in [5, 5.41) is 8.73. The van der Waals surface area contributed by atoms with Gasteiger partial charge in [-0.15, -0.1) is 0 Å². The molecule has 0 aromatic heterocycles. The molecule has 1 atom stereocenters. The van der Waals surface area contributed by atoms with Crippen molar-refractivity contribution in [1.29, 1.82) is 0 Å². The Kier molecular flexibility index (Phi) is 2.94. The summed E-state index contributed by atoms with van der Waals surface area (Å²) in [6.07, 6.45) is -3.85. The van der Waals surface area contributed by atoms with Crippen LogP contribution in [0.15, 0.2) is 11.8 Å². The Morgan fingerprint density at radius 1 is 1.53 bits per heavy atom. The molecule has 1 fully saturated rings. The number of nitrogens with zero attached hydrogens (tertiary/aromatic N) is 2. The maximum absolute atomic E-state index is 12.3. The number of carbonyl (C=O) groups excluding carboxylic acids is 1. The Balaban J connectivity index is 2.91. The number of hydrogen-bond donors (Lipinski definition) is 1. The molecule has 1 saturated heterocycles. The summed E-state index contributed by atoms with van der Waals surface area (Å²) >= 11 is 0. The second-order valence-electron chi connectivity index (χ2n) is 3.53. The predicted octanol–water partition coefficient (Wildman–Crippen LogP) is 0.984. The predicted molar refractivity (Wildman–Crippen MR) is 44.9 cm³/mol. The van der Waals surface area contributed by atoms with E-state index >= 15 is 0 Å². The van der Waals surface area contributed by atoms with Gasteiger partial charge in [-0.25, -0.2) is 5.06 Å². The minimum absolute atomic E-state index is 0.0511. The first-order valence-corrected chi connectivity index (χ1v) is 4.19. The maximum atomic E-state index is 12.3. The minimum Gasteiger partial charge on any atom is -0.383 e. The first kappa shape index (κ1) is 11.8. The highest BCUT2D eigenvalue weighted by Gasteiger charge is 2.51. The highest BCUT2D eigenvalue weighted by molar-refractivity contribution is 5.95. The standard InChI is InChI=1S/C8H11F3N2O2/c1-12(2)4-5-3-6(8(9,10)11)13(15)7(5)14/h4,6,15H,3H2,1-2H3/b5-4-/t6-/m0/s1. The minimum atomic E-state index is -4.60. The number of carbonyl (C=O) groups is 1. The number of hydrogen-bond acceptors (Lipinski definition) is 3. The van der Waals surface area contributed by atoms with Gasteiger partial charge in [-0.1, -0.05) is 0 Å². The van der Waals surface area contributed by atoms with Crippen LogP contribution in [0.1, 0.15) is 6.42 Å². The van der Waals surface area contributed by atoms with Gasteiger partial charge in [-0.05, 0) is 0 Å². The Hall–Kier alpha value is -1.24. The quantitative estimate of drug-likeness (QED) is 0.533. The van der Waals surface area contributed by atoms with E-state index in [1.54, 1.807) is 14.1 Å². The molecule has 1 aliphatic heterocycles. The van der Waals surface area contributed by atoms with E-state index in [1.165, 1.54) is 11.1 Å². The van der Waals surface area contributed by atoms with Gasteiger partial charge in [-0.2, -0.15) is 13.2 Å². The van der Waals surface area contributed by atoms with E-state index in [2.05, 4.69) is 0 Å². The molecule has 0 saturated carbocycles. The number of amides is 1. The molecular weight excluding hydrogens is 213 g/mol. The van der Waals surface area contributed by atoms with Crippen LogP contribution in [0.5, 0.6) is 0 Å². The van der Waals surface area contributed by atoms with E-state index in [0.29, 0.717) is 0 Å². The van der Waals surface area contributed by atoms with E-state index in [9.17, 15) is 18.0 Å². The van der Waals surface area contributed by atoms with Crippen molar-refractivity contribution in [3.05, 3.63) is 11.8 Å². The van der Waals surface area contributed by atoms with Gasteiger partial charge in [0.1, 0.15) is 0 Å². The van der Waals surface area contributed by atoms with Crippen molar-refractivity contribution in [2.24, 2.45) is 0 Å². The normalized spacial score (nSPS) is 25.2. The lowest BCUT2D eigenvalue weighted by atomic mass is 10.1. The molecule has 0 spiro atoms. The Morgan fingerprint density at radius 3 is 2.40 bits per heavy atom. The summed E-state index contributed by atoms with van der Waals surface area (Å²) in [7, 11) is 3.17. The van der Waals surface area contributed by atoms with Crippen molar-refractivity contribution < 1.29 is 23.2 Å². The van der Waals surface area contributed by atoms with E-state index in [1.807, 2.05) is 0 Å². The average molecular weight is 224 g/mol. The van der Waals surface area contributed by atoms with E-state index < -0.39 is 24.5 Å². The summed E-state index contributed by atoms with van der Waals surface area (Å²) in [6, 6.07) is -2.13. The van der Waals surface area contributed by atoms with E-state index in [0.717, 1.165) is 0 Å². The lowest BCUT2D eigenvalue weighted by Gasteiger charge is -2.19. The summed E-state index contributed by atoms with van der Waals surface area (Å²) in [4.78, 5) is 12.6. The van der Waals surface area contributed by atoms with Crippen LogP contribution in [-0.4, -0.2) is 47.4 Å². The molecule has 0 radical (unpaired) electrons. The molecule has 1 amide bonds. The summed E-state index contributed by atoms with van der Waals surface area (Å²) < 4.78 is 36.9. The smallest absolute Gasteiger partial charge is 0.383 e. The molecule has 0 bridgehead atoms. The Labute approximate surface area is 84.5 Å². The second-order valence-corrected chi connectivity index (χ2v) is 3.53. The molecule has 1 rings (SSSR count). The molecular formula is C8H11F3N2O2. The van der Waals surface area contributed by atoms with Crippen LogP contribution in [-0.2, 0) is 4.79 Å². The van der Waals surface area contributed by atoms with E-state index in [4.69, 9.17) is 5.21 Å². The van der Waals surface area contributed by atoms with Crippen molar-refractivity contribution in [1.82, 2.24) is 9.96 Å². The highest BCUT2D eigenvalue weighted by Crippen LogP contribution is 2.34. The van der Waals surface area contributed by atoms with Crippen LogP contribution < -0.4 is 0 Å². The fourth-order valence-corrected chi connectivity index (χ4v) is 1.34. The number of alkyl halides is 3. The lowest BCUT2D eigenvalue weighted by molar-refractivity contribution is -0.234. The third kappa shape index (κ3) is 2.41. The fraction of sp³-hybridized carbons (Fsp3) is 0.625. The van der Waals surface area contributed by atoms with Gasteiger partial charge in [0, 0.05) is 32.3 Å². The molecule has 1 aliphatic rings. The van der Waals surface area contributed by atoms with Crippen LogP contribution in [0.4, 0.5) is 13.2 Å². The second kappa shape index (κ2) is 3.73. The van der Waals surface area contributed by atoms with Crippen molar-refractivity contribution in [3.8, 4) is 0 Å². The number of hydroxylamine groups is 2. The molecule has 4 nitrogen and oxygen atoms in total. The SMILES string of the molecule is CN(C)/C=C1/C[C@@H](C(F)(F)F)N(O)C1=O. The van der Waals surface area contributed by atoms with Gasteiger partial charge < -0.3 is 4.90 Å². The van der Waals surface area contributed by atoms with Crippen molar-refractivity contribution in [2.75, 3.05) is 14.1 Å². The molecule has 7 heteroatoms. The van der Waals surface area contributed by atoms with Gasteiger partial charge in [0.05, 0.1) is 0 Å². The van der Waals surface area contributed by atoms with Crippen LogP contribution in [0.25, 0.3) is 0 Å². The summed E-state index contributed by atoms with van der Waals surface area (Å²) in [5.74, 6) is -0.994. The Bertz CT molecular complexity index is 299. The molecule has 1 heterocycles. The molecule has 0 aromatic rings. The van der Waals surface area contributed by atoms with Gasteiger partial charge in [-0.3, -0.25) is 10.0 Å². The topological polar surface area (TPSA) is 43.8 Å². The van der Waals surface area contributed by atoms with Gasteiger partial charge in [0.2, 0.25) is 0 Å². The maximum Gasteiger partial charge on any atom is 0.411 e. The van der Waals surface area contributed by atoms with Gasteiger partial charge in [0.25, 0.3) is 5.91 Å². The monoisotopic (exact) mass is 224 g/mol.